The number of rotatable bonds is 1. The lowest BCUT2D eigenvalue weighted by atomic mass is 9.35. The molecule has 0 radical (unpaired) electrons. The number of hydrogen-bond donors (Lipinski definition) is 0. The second kappa shape index (κ2) is 11.5. The van der Waals surface area contributed by atoms with Crippen LogP contribution in [0.1, 0.15) is 160 Å². The van der Waals surface area contributed by atoms with Gasteiger partial charge in [-0.25, -0.2) is 0 Å². The van der Waals surface area contributed by atoms with Gasteiger partial charge in [0.1, 0.15) is 5.58 Å². The number of benzene rings is 5. The van der Waals surface area contributed by atoms with Crippen LogP contribution in [0.15, 0.2) is 89.3 Å². The number of fused-ring (bicyclic) bond motifs is 15. The monoisotopic (exact) mass is 800 g/mol. The Morgan fingerprint density at radius 3 is 2.02 bits per heavy atom. The van der Waals surface area contributed by atoms with Gasteiger partial charge in [-0.1, -0.05) is 136 Å². The van der Waals surface area contributed by atoms with Crippen molar-refractivity contribution < 1.29 is 4.42 Å². The molecule has 0 amide bonds. The van der Waals surface area contributed by atoms with Gasteiger partial charge in [0.15, 0.2) is 0 Å². The van der Waals surface area contributed by atoms with Crippen LogP contribution in [0.4, 0.5) is 28.4 Å². The molecule has 2 atom stereocenters. The first-order chi connectivity index (χ1) is 29.1. The molecule has 61 heavy (non-hydrogen) atoms. The zero-order valence-corrected chi connectivity index (χ0v) is 38.0. The van der Waals surface area contributed by atoms with E-state index in [-0.39, 0.29) is 39.3 Å². The Hall–Kier alpha value is -4.70. The predicted molar refractivity (Wildman–Crippen MR) is 257 cm³/mol. The van der Waals surface area contributed by atoms with Gasteiger partial charge in [0.2, 0.25) is 0 Å². The lowest BCUT2D eigenvalue weighted by molar-refractivity contribution is 0.195. The fraction of sp³-hybridized carbons (Fsp3) is 0.439. The summed E-state index contributed by atoms with van der Waals surface area (Å²) < 4.78 is 7.66. The average molecular weight is 801 g/mol. The minimum atomic E-state index is -0.0600. The standard InChI is InChI=1S/C57H61BN2O/c1-52(2,3)34-30-44-48-45(31-34)60-50-39(55(8)24-12-13-25-56(55,60)9)21-16-22-42(50)58(48)51-49(36-32-40-41(33-46(36)61-51)54(6,7)29-28-53(40,4)5)59(44)43-23-17-20-38-47(43)35-18-10-11-19-37(35)57(38)26-14-15-27-57/h10-11,16-23,30-33H,12-15,24-29H2,1-9H3. The summed E-state index contributed by atoms with van der Waals surface area (Å²) in [5.41, 5.74) is 23.7. The van der Waals surface area contributed by atoms with E-state index in [1.165, 1.54) is 148 Å². The van der Waals surface area contributed by atoms with Gasteiger partial charge >= 0.3 is 0 Å². The number of para-hydroxylation sites is 1. The summed E-state index contributed by atoms with van der Waals surface area (Å²) in [5, 5.41) is 1.26. The Labute approximate surface area is 364 Å². The number of hydrogen-bond acceptors (Lipinski definition) is 3. The van der Waals surface area contributed by atoms with E-state index in [0.717, 1.165) is 11.2 Å². The van der Waals surface area contributed by atoms with Crippen molar-refractivity contribution >= 4 is 62.7 Å². The Morgan fingerprint density at radius 2 is 1.25 bits per heavy atom. The summed E-state index contributed by atoms with van der Waals surface area (Å²) in [4.78, 5) is 5.63. The highest BCUT2D eigenvalue weighted by Crippen LogP contribution is 2.64. The average Bonchev–Trinajstić information content (AvgIpc) is 3.99. The van der Waals surface area contributed by atoms with Crippen molar-refractivity contribution in [3.63, 3.8) is 0 Å². The zero-order valence-electron chi connectivity index (χ0n) is 38.0. The van der Waals surface area contributed by atoms with Crippen molar-refractivity contribution in [3.05, 3.63) is 118 Å². The lowest BCUT2D eigenvalue weighted by Gasteiger charge is -2.52. The van der Waals surface area contributed by atoms with Crippen molar-refractivity contribution in [2.45, 2.75) is 159 Å². The quantitative estimate of drug-likeness (QED) is 0.154. The topological polar surface area (TPSA) is 19.6 Å². The van der Waals surface area contributed by atoms with Gasteiger partial charge in [0, 0.05) is 38.8 Å². The van der Waals surface area contributed by atoms with E-state index in [9.17, 15) is 0 Å². The number of furan rings is 1. The summed E-state index contributed by atoms with van der Waals surface area (Å²) in [6.07, 6.45) is 12.3. The predicted octanol–water partition coefficient (Wildman–Crippen LogP) is 13.3. The molecule has 5 aromatic carbocycles. The van der Waals surface area contributed by atoms with Gasteiger partial charge in [-0.3, -0.25) is 0 Å². The van der Waals surface area contributed by atoms with Crippen molar-refractivity contribution in [1.82, 2.24) is 0 Å². The molecule has 2 saturated carbocycles. The largest absolute Gasteiger partial charge is 0.468 e. The molecule has 0 saturated heterocycles. The van der Waals surface area contributed by atoms with Gasteiger partial charge in [-0.15, -0.1) is 0 Å². The first-order valence-electron chi connectivity index (χ1n) is 23.9. The number of anilines is 5. The highest BCUT2D eigenvalue weighted by molar-refractivity contribution is 7.00. The maximum absolute atomic E-state index is 7.66. The second-order valence-electron chi connectivity index (χ2n) is 23.3. The van der Waals surface area contributed by atoms with E-state index in [4.69, 9.17) is 4.42 Å². The molecule has 6 aromatic rings. The molecule has 7 aliphatic rings. The fourth-order valence-corrected chi connectivity index (χ4v) is 14.7. The minimum Gasteiger partial charge on any atom is -0.468 e. The molecule has 2 fully saturated rings. The first kappa shape index (κ1) is 36.9. The van der Waals surface area contributed by atoms with Crippen molar-refractivity contribution in [3.8, 4) is 11.1 Å². The summed E-state index contributed by atoms with van der Waals surface area (Å²) >= 11 is 0. The van der Waals surface area contributed by atoms with Crippen LogP contribution in [-0.4, -0.2) is 12.3 Å². The molecule has 4 aliphatic carbocycles. The van der Waals surface area contributed by atoms with Crippen LogP contribution >= 0.6 is 0 Å². The second-order valence-corrected chi connectivity index (χ2v) is 23.3. The Balaban J connectivity index is 1.20. The normalized spacial score (nSPS) is 25.2. The van der Waals surface area contributed by atoms with Gasteiger partial charge in [-0.05, 0) is 142 Å². The third-order valence-electron chi connectivity index (χ3n) is 18.4. The van der Waals surface area contributed by atoms with E-state index in [1.807, 2.05) is 0 Å². The highest BCUT2D eigenvalue weighted by atomic mass is 16.3. The van der Waals surface area contributed by atoms with Crippen molar-refractivity contribution in [1.29, 1.82) is 0 Å². The van der Waals surface area contributed by atoms with E-state index in [0.29, 0.717) is 0 Å². The first-order valence-corrected chi connectivity index (χ1v) is 23.9. The van der Waals surface area contributed by atoms with Crippen LogP contribution in [0, 0.1) is 0 Å². The molecular weight excluding hydrogens is 739 g/mol. The summed E-state index contributed by atoms with van der Waals surface area (Å²) in [7, 11) is 0. The molecule has 3 aliphatic heterocycles. The SMILES string of the molecule is CC(C)(C)c1cc2c3c(c1)N1c4c(cccc4C4(C)CCCCC14C)B3c1oc3cc4c(cc3c1N2c1cccc2c1-c1ccccc1C21CCCC1)C(C)(C)CCC4(C)C. The van der Waals surface area contributed by atoms with E-state index < -0.39 is 0 Å². The molecular formula is C57H61BN2O. The van der Waals surface area contributed by atoms with E-state index in [1.54, 1.807) is 5.56 Å². The van der Waals surface area contributed by atoms with Crippen molar-refractivity contribution in [2.75, 3.05) is 9.80 Å². The van der Waals surface area contributed by atoms with Crippen LogP contribution in [0.5, 0.6) is 0 Å². The Bertz CT molecular complexity index is 2930. The van der Waals surface area contributed by atoms with Gasteiger partial charge in [0.25, 0.3) is 6.71 Å². The maximum Gasteiger partial charge on any atom is 0.297 e. The van der Waals surface area contributed by atoms with E-state index >= 15 is 0 Å². The Kier molecular flexibility index (Phi) is 6.93. The van der Waals surface area contributed by atoms with Crippen molar-refractivity contribution in [2.24, 2.45) is 0 Å². The van der Waals surface area contributed by atoms with Crippen LogP contribution in [0.25, 0.3) is 22.1 Å². The van der Waals surface area contributed by atoms with E-state index in [2.05, 4.69) is 157 Å². The third-order valence-corrected chi connectivity index (χ3v) is 18.4. The highest BCUT2D eigenvalue weighted by Gasteiger charge is 2.62. The molecule has 3 nitrogen and oxygen atoms in total. The van der Waals surface area contributed by atoms with Crippen LogP contribution in [-0.2, 0) is 27.1 Å². The van der Waals surface area contributed by atoms with Gasteiger partial charge < -0.3 is 14.2 Å². The molecule has 0 bridgehead atoms. The molecule has 2 unspecified atom stereocenters. The molecule has 308 valence electrons. The number of nitrogens with zero attached hydrogens (tertiary/aromatic N) is 2. The zero-order chi connectivity index (χ0) is 41.8. The van der Waals surface area contributed by atoms with Gasteiger partial charge in [0.05, 0.1) is 22.6 Å². The fourth-order valence-electron chi connectivity index (χ4n) is 14.7. The molecule has 13 rings (SSSR count). The minimum absolute atomic E-state index is 0.0144. The lowest BCUT2D eigenvalue weighted by Crippen LogP contribution is -2.64. The molecule has 4 heteroatoms. The Morgan fingerprint density at radius 1 is 0.590 bits per heavy atom. The molecule has 1 aromatic heterocycles. The third kappa shape index (κ3) is 4.34. The van der Waals surface area contributed by atoms with Crippen LogP contribution in [0.3, 0.4) is 0 Å². The molecule has 1 spiro atoms. The summed E-state index contributed by atoms with van der Waals surface area (Å²) in [5.74, 6) is 0. The maximum atomic E-state index is 7.66. The molecule has 0 N–H and O–H groups in total. The van der Waals surface area contributed by atoms with Crippen LogP contribution < -0.4 is 26.4 Å². The summed E-state index contributed by atoms with van der Waals surface area (Å²) in [6.45, 7) is 22.3. The van der Waals surface area contributed by atoms with Crippen LogP contribution in [0.2, 0.25) is 0 Å². The van der Waals surface area contributed by atoms with Gasteiger partial charge in [-0.2, -0.15) is 0 Å². The summed E-state index contributed by atoms with van der Waals surface area (Å²) in [6, 6.07) is 34.4. The smallest absolute Gasteiger partial charge is 0.297 e. The molecule has 4 heterocycles.